The fraction of sp³-hybridized carbons (Fsp3) is 0.450. The second-order valence-electron chi connectivity index (χ2n) is 7.20. The zero-order valence-corrected chi connectivity index (χ0v) is 15.5. The van der Waals surface area contributed by atoms with Gasteiger partial charge in [0.1, 0.15) is 5.69 Å². The summed E-state index contributed by atoms with van der Waals surface area (Å²) in [5.41, 5.74) is 1.72. The lowest BCUT2D eigenvalue weighted by Gasteiger charge is -2.36. The van der Waals surface area contributed by atoms with Crippen LogP contribution in [0.3, 0.4) is 0 Å². The molecular formula is C20H23N3O2S. The molecule has 0 saturated carbocycles. The molecule has 5 nitrogen and oxygen atoms in total. The van der Waals surface area contributed by atoms with Crippen LogP contribution in [0, 0.1) is 5.92 Å². The fourth-order valence-electron chi connectivity index (χ4n) is 4.03. The number of hydrogen-bond acceptors (Lipinski definition) is 4. The van der Waals surface area contributed by atoms with E-state index in [0.29, 0.717) is 24.6 Å². The van der Waals surface area contributed by atoms with E-state index in [0.717, 1.165) is 32.4 Å². The first-order valence-corrected chi connectivity index (χ1v) is 10.2. The number of thiophene rings is 1. The highest BCUT2D eigenvalue weighted by Gasteiger charge is 2.38. The maximum Gasteiger partial charge on any atom is 0.272 e. The third-order valence-electron chi connectivity index (χ3n) is 5.41. The van der Waals surface area contributed by atoms with Crippen LogP contribution in [0.1, 0.15) is 35.3 Å². The van der Waals surface area contributed by atoms with Gasteiger partial charge in [0.15, 0.2) is 0 Å². The van der Waals surface area contributed by atoms with Crippen LogP contribution >= 0.6 is 11.3 Å². The summed E-state index contributed by atoms with van der Waals surface area (Å²) in [6, 6.07) is 7.64. The molecule has 0 N–H and O–H groups in total. The van der Waals surface area contributed by atoms with Gasteiger partial charge in [0.05, 0.1) is 0 Å². The Hall–Kier alpha value is -2.21. The quantitative estimate of drug-likeness (QED) is 0.833. The summed E-state index contributed by atoms with van der Waals surface area (Å²) in [7, 11) is 0. The molecule has 0 unspecified atom stereocenters. The average molecular weight is 369 g/mol. The monoisotopic (exact) mass is 369 g/mol. The topological polar surface area (TPSA) is 53.5 Å². The van der Waals surface area contributed by atoms with Crippen molar-refractivity contribution in [3.05, 3.63) is 52.5 Å². The third-order valence-corrected chi connectivity index (χ3v) is 6.14. The fourth-order valence-corrected chi connectivity index (χ4v) is 4.74. The predicted molar refractivity (Wildman–Crippen MR) is 101 cm³/mol. The minimum absolute atomic E-state index is 0.0185. The first-order valence-electron chi connectivity index (χ1n) is 9.21. The highest BCUT2D eigenvalue weighted by atomic mass is 32.1. The molecule has 6 heteroatoms. The van der Waals surface area contributed by atoms with Gasteiger partial charge in [0, 0.05) is 38.3 Å². The molecule has 2 atom stereocenters. The number of aromatic nitrogens is 1. The van der Waals surface area contributed by atoms with Crippen LogP contribution in [-0.2, 0) is 11.2 Å². The average Bonchev–Trinajstić information content (AvgIpc) is 3.04. The Balaban J connectivity index is 1.43. The lowest BCUT2D eigenvalue weighted by Crippen LogP contribution is -2.47. The van der Waals surface area contributed by atoms with Crippen molar-refractivity contribution in [2.24, 2.45) is 5.92 Å². The number of hydrogen-bond donors (Lipinski definition) is 0. The van der Waals surface area contributed by atoms with Gasteiger partial charge in [0.25, 0.3) is 5.91 Å². The molecule has 3 aliphatic heterocycles. The Morgan fingerprint density at radius 3 is 2.85 bits per heavy atom. The normalized spacial score (nSPS) is 22.3. The molecule has 2 aromatic rings. The van der Waals surface area contributed by atoms with Crippen molar-refractivity contribution in [2.45, 2.75) is 31.7 Å². The van der Waals surface area contributed by atoms with Crippen molar-refractivity contribution >= 4 is 23.2 Å². The Morgan fingerprint density at radius 2 is 2.08 bits per heavy atom. The molecule has 3 saturated heterocycles. The molecule has 2 bridgehead atoms. The Labute approximate surface area is 157 Å². The molecule has 2 amide bonds. The van der Waals surface area contributed by atoms with Gasteiger partial charge >= 0.3 is 0 Å². The number of aryl methyl sites for hydroxylation is 1. The van der Waals surface area contributed by atoms with Crippen molar-refractivity contribution in [3.8, 4) is 0 Å². The van der Waals surface area contributed by atoms with Gasteiger partial charge < -0.3 is 9.80 Å². The van der Waals surface area contributed by atoms with Gasteiger partial charge in [-0.15, -0.1) is 0 Å². The smallest absolute Gasteiger partial charge is 0.272 e. The van der Waals surface area contributed by atoms with E-state index in [1.54, 1.807) is 23.6 Å². The second-order valence-corrected chi connectivity index (χ2v) is 7.98. The standard InChI is InChI=1S/C20H23N3O2S/c24-19(7-5-15-8-10-26-14-15)23-12-16-4-6-17(23)13-22(11-16)20(25)18-3-1-2-9-21-18/h1-3,8-10,14,16-17H,4-7,11-13H2/t16-,17+/m0/s1. The van der Waals surface area contributed by atoms with Gasteiger partial charge in [-0.1, -0.05) is 6.07 Å². The number of fused-ring (bicyclic) bond motifs is 4. The van der Waals surface area contributed by atoms with Gasteiger partial charge in [-0.25, -0.2) is 0 Å². The predicted octanol–water partition coefficient (Wildman–Crippen LogP) is 2.84. The Morgan fingerprint density at radius 1 is 1.15 bits per heavy atom. The van der Waals surface area contributed by atoms with Crippen LogP contribution in [0.25, 0.3) is 0 Å². The molecule has 26 heavy (non-hydrogen) atoms. The summed E-state index contributed by atoms with van der Waals surface area (Å²) in [4.78, 5) is 33.7. The minimum atomic E-state index is -0.0185. The van der Waals surface area contributed by atoms with Crippen LogP contribution in [0.5, 0.6) is 0 Å². The lowest BCUT2D eigenvalue weighted by molar-refractivity contribution is -0.135. The molecule has 2 aromatic heterocycles. The maximum absolute atomic E-state index is 12.8. The Kier molecular flexibility index (Phi) is 5.02. The van der Waals surface area contributed by atoms with Crippen LogP contribution in [0.4, 0.5) is 0 Å². The van der Waals surface area contributed by atoms with Crippen molar-refractivity contribution in [1.29, 1.82) is 0 Å². The summed E-state index contributed by atoms with van der Waals surface area (Å²) in [6.45, 7) is 2.12. The second kappa shape index (κ2) is 7.58. The zero-order valence-electron chi connectivity index (χ0n) is 14.7. The lowest BCUT2D eigenvalue weighted by atomic mass is 9.94. The molecule has 0 radical (unpaired) electrons. The summed E-state index contributed by atoms with van der Waals surface area (Å²) in [5, 5.41) is 4.16. The minimum Gasteiger partial charge on any atom is -0.338 e. The van der Waals surface area contributed by atoms with Crippen LogP contribution in [-0.4, -0.2) is 52.3 Å². The number of rotatable bonds is 4. The SMILES string of the molecule is O=C(c1ccccn1)N1C[C@@H]2CC[C@H](C1)N(C(=O)CCc1ccsc1)C2. The summed E-state index contributed by atoms with van der Waals surface area (Å²) in [5.74, 6) is 0.569. The first-order chi connectivity index (χ1) is 12.7. The van der Waals surface area contributed by atoms with Crippen molar-refractivity contribution in [2.75, 3.05) is 19.6 Å². The molecule has 0 aliphatic carbocycles. The van der Waals surface area contributed by atoms with Crippen LogP contribution < -0.4 is 0 Å². The van der Waals surface area contributed by atoms with Gasteiger partial charge in [-0.05, 0) is 59.7 Å². The number of pyridine rings is 1. The molecule has 3 aliphatic rings. The van der Waals surface area contributed by atoms with Gasteiger partial charge in [-0.2, -0.15) is 11.3 Å². The van der Waals surface area contributed by atoms with Crippen LogP contribution in [0.15, 0.2) is 41.2 Å². The highest BCUT2D eigenvalue weighted by molar-refractivity contribution is 7.07. The summed E-state index contributed by atoms with van der Waals surface area (Å²) in [6.07, 6.45) is 5.08. The summed E-state index contributed by atoms with van der Waals surface area (Å²) < 4.78 is 0. The van der Waals surface area contributed by atoms with Crippen molar-refractivity contribution in [3.63, 3.8) is 0 Å². The van der Waals surface area contributed by atoms with Crippen LogP contribution in [0.2, 0.25) is 0 Å². The van der Waals surface area contributed by atoms with E-state index in [1.165, 1.54) is 5.56 Å². The largest absolute Gasteiger partial charge is 0.338 e. The van der Waals surface area contributed by atoms with Crippen molar-refractivity contribution in [1.82, 2.24) is 14.8 Å². The Bertz CT molecular complexity index is 763. The van der Waals surface area contributed by atoms with E-state index in [9.17, 15) is 9.59 Å². The highest BCUT2D eigenvalue weighted by Crippen LogP contribution is 2.29. The number of carbonyl (C=O) groups is 2. The maximum atomic E-state index is 12.8. The van der Waals surface area contributed by atoms with E-state index in [4.69, 9.17) is 0 Å². The molecule has 5 rings (SSSR count). The third kappa shape index (κ3) is 3.65. The van der Waals surface area contributed by atoms with E-state index in [2.05, 4.69) is 21.8 Å². The molecule has 3 fully saturated rings. The zero-order chi connectivity index (χ0) is 17.9. The number of amides is 2. The van der Waals surface area contributed by atoms with Gasteiger partial charge in [-0.3, -0.25) is 14.6 Å². The van der Waals surface area contributed by atoms with Gasteiger partial charge in [0.2, 0.25) is 5.91 Å². The number of carbonyl (C=O) groups excluding carboxylic acids is 2. The molecular weight excluding hydrogens is 346 g/mol. The van der Waals surface area contributed by atoms with E-state index >= 15 is 0 Å². The molecule has 5 heterocycles. The first kappa shape index (κ1) is 17.2. The number of piperidine rings is 1. The van der Waals surface area contributed by atoms with E-state index in [-0.39, 0.29) is 17.9 Å². The van der Waals surface area contributed by atoms with E-state index < -0.39 is 0 Å². The van der Waals surface area contributed by atoms with E-state index in [1.807, 2.05) is 21.9 Å². The van der Waals surface area contributed by atoms with Crippen molar-refractivity contribution < 1.29 is 9.59 Å². The molecule has 0 spiro atoms. The number of nitrogens with zero attached hydrogens (tertiary/aromatic N) is 3. The molecule has 0 aromatic carbocycles. The molecule has 136 valence electrons. The summed E-state index contributed by atoms with van der Waals surface area (Å²) >= 11 is 1.67.